The Labute approximate surface area is 114 Å². The zero-order valence-corrected chi connectivity index (χ0v) is 11.3. The van der Waals surface area contributed by atoms with Gasteiger partial charge in [-0.15, -0.1) is 0 Å². The molecule has 1 aliphatic carbocycles. The van der Waals surface area contributed by atoms with Crippen molar-refractivity contribution in [1.29, 1.82) is 0 Å². The molecule has 1 heterocycles. The average Bonchev–Trinajstić information content (AvgIpc) is 2.38. The van der Waals surface area contributed by atoms with E-state index in [0.29, 0.717) is 0 Å². The highest BCUT2D eigenvalue weighted by atomic mass is 16.2. The minimum atomic E-state index is 0.143. The predicted molar refractivity (Wildman–Crippen MR) is 77.3 cm³/mol. The van der Waals surface area contributed by atoms with Crippen molar-refractivity contribution in [1.82, 2.24) is 5.32 Å². The molecule has 1 aromatic carbocycles. The second kappa shape index (κ2) is 5.74. The summed E-state index contributed by atoms with van der Waals surface area (Å²) in [4.78, 5) is 11.8. The second-order valence-electron chi connectivity index (χ2n) is 5.80. The van der Waals surface area contributed by atoms with Gasteiger partial charge in [-0.05, 0) is 36.5 Å². The Morgan fingerprint density at radius 1 is 1.05 bits per heavy atom. The summed E-state index contributed by atoms with van der Waals surface area (Å²) in [5, 5.41) is 6.11. The van der Waals surface area contributed by atoms with Gasteiger partial charge in [-0.3, -0.25) is 4.79 Å². The number of carbonyl (C=O) groups excluding carboxylic acids is 1. The first-order valence-corrected chi connectivity index (χ1v) is 7.44. The summed E-state index contributed by atoms with van der Waals surface area (Å²) < 4.78 is 0. The minimum absolute atomic E-state index is 0.143. The molecule has 0 unspecified atom stereocenters. The third-order valence-corrected chi connectivity index (χ3v) is 4.41. The molecule has 1 aliphatic heterocycles. The van der Waals surface area contributed by atoms with Crippen LogP contribution in [-0.2, 0) is 4.79 Å². The van der Waals surface area contributed by atoms with E-state index in [9.17, 15) is 4.79 Å². The summed E-state index contributed by atoms with van der Waals surface area (Å²) in [5.74, 6) is 1.02. The van der Waals surface area contributed by atoms with Gasteiger partial charge in [-0.25, -0.2) is 0 Å². The number of anilines is 1. The van der Waals surface area contributed by atoms with Gasteiger partial charge in [0.05, 0.1) is 5.92 Å². The number of nitrogens with one attached hydrogen (secondary N) is 2. The second-order valence-corrected chi connectivity index (χ2v) is 5.80. The monoisotopic (exact) mass is 258 g/mol. The van der Waals surface area contributed by atoms with Gasteiger partial charge in [0.2, 0.25) is 5.91 Å². The predicted octanol–water partition coefficient (Wildman–Crippen LogP) is 2.89. The Balaban J connectivity index is 1.59. The zero-order valence-electron chi connectivity index (χ0n) is 11.3. The van der Waals surface area contributed by atoms with Crippen molar-refractivity contribution in [3.63, 3.8) is 0 Å². The van der Waals surface area contributed by atoms with Crippen molar-refractivity contribution in [2.24, 2.45) is 5.92 Å². The van der Waals surface area contributed by atoms with E-state index in [4.69, 9.17) is 0 Å². The summed E-state index contributed by atoms with van der Waals surface area (Å²) in [5.41, 5.74) is 2.36. The van der Waals surface area contributed by atoms with Gasteiger partial charge in [0, 0.05) is 18.8 Å². The molecule has 102 valence electrons. The van der Waals surface area contributed by atoms with E-state index < -0.39 is 0 Å². The lowest BCUT2D eigenvalue weighted by Crippen LogP contribution is -2.48. The van der Waals surface area contributed by atoms with E-state index in [2.05, 4.69) is 22.8 Å². The molecule has 1 amide bonds. The first kappa shape index (κ1) is 12.7. The number of carbonyl (C=O) groups is 1. The van der Waals surface area contributed by atoms with Crippen LogP contribution in [0.4, 0.5) is 5.69 Å². The van der Waals surface area contributed by atoms with Gasteiger partial charge in [0.25, 0.3) is 0 Å². The molecule has 3 heteroatoms. The van der Waals surface area contributed by atoms with Crippen LogP contribution in [0.1, 0.15) is 43.6 Å². The third-order valence-electron chi connectivity index (χ3n) is 4.41. The number of benzene rings is 1. The fourth-order valence-electron chi connectivity index (χ4n) is 2.99. The normalized spacial score (nSPS) is 20.8. The third kappa shape index (κ3) is 2.98. The highest BCUT2D eigenvalue weighted by Crippen LogP contribution is 2.32. The molecule has 0 bridgehead atoms. The Kier molecular flexibility index (Phi) is 3.83. The SMILES string of the molecule is O=C(Nc1ccc(C2CCCCC2)cc1)C1CNC1. The molecule has 2 fully saturated rings. The van der Waals surface area contributed by atoms with E-state index in [1.54, 1.807) is 0 Å². The summed E-state index contributed by atoms with van der Waals surface area (Å²) in [6.45, 7) is 1.62. The standard InChI is InChI=1S/C16H22N2O/c19-16(14-10-17-11-14)18-15-8-6-13(7-9-15)12-4-2-1-3-5-12/h6-9,12,14,17H,1-5,10-11H2,(H,18,19). The van der Waals surface area contributed by atoms with Crippen molar-refractivity contribution in [3.8, 4) is 0 Å². The van der Waals surface area contributed by atoms with E-state index in [-0.39, 0.29) is 11.8 Å². The molecule has 2 N–H and O–H groups in total. The summed E-state index contributed by atoms with van der Waals surface area (Å²) in [6, 6.07) is 8.47. The lowest BCUT2D eigenvalue weighted by molar-refractivity contribution is -0.121. The molecular formula is C16H22N2O. The molecular weight excluding hydrogens is 236 g/mol. The lowest BCUT2D eigenvalue weighted by Gasteiger charge is -2.26. The molecule has 1 aromatic rings. The topological polar surface area (TPSA) is 41.1 Å². The molecule has 0 radical (unpaired) electrons. The molecule has 19 heavy (non-hydrogen) atoms. The maximum atomic E-state index is 11.8. The van der Waals surface area contributed by atoms with Crippen molar-refractivity contribution < 1.29 is 4.79 Å². The molecule has 1 saturated carbocycles. The molecule has 0 atom stereocenters. The van der Waals surface area contributed by atoms with Crippen molar-refractivity contribution >= 4 is 11.6 Å². The van der Waals surface area contributed by atoms with E-state index >= 15 is 0 Å². The van der Waals surface area contributed by atoms with Crippen LogP contribution in [0.2, 0.25) is 0 Å². The maximum absolute atomic E-state index is 11.8. The van der Waals surface area contributed by atoms with Gasteiger partial charge < -0.3 is 10.6 Å². The van der Waals surface area contributed by atoms with Crippen LogP contribution in [0.15, 0.2) is 24.3 Å². The van der Waals surface area contributed by atoms with Gasteiger partial charge in [-0.2, -0.15) is 0 Å². The number of amides is 1. The number of hydrogen-bond donors (Lipinski definition) is 2. The van der Waals surface area contributed by atoms with Crippen LogP contribution in [-0.4, -0.2) is 19.0 Å². The van der Waals surface area contributed by atoms with Gasteiger partial charge >= 0.3 is 0 Å². The van der Waals surface area contributed by atoms with Gasteiger partial charge in [0.15, 0.2) is 0 Å². The highest BCUT2D eigenvalue weighted by Gasteiger charge is 2.24. The summed E-state index contributed by atoms with van der Waals surface area (Å²) in [6.07, 6.45) is 6.74. The number of hydrogen-bond acceptors (Lipinski definition) is 2. The molecule has 3 nitrogen and oxygen atoms in total. The van der Waals surface area contributed by atoms with Crippen LogP contribution in [0, 0.1) is 5.92 Å². The Morgan fingerprint density at radius 2 is 1.74 bits per heavy atom. The van der Waals surface area contributed by atoms with E-state index in [1.807, 2.05) is 12.1 Å². The van der Waals surface area contributed by atoms with E-state index in [0.717, 1.165) is 24.7 Å². The van der Waals surface area contributed by atoms with Crippen molar-refractivity contribution in [2.75, 3.05) is 18.4 Å². The molecule has 2 aliphatic rings. The molecule has 0 spiro atoms. The Morgan fingerprint density at radius 3 is 2.32 bits per heavy atom. The molecule has 0 aromatic heterocycles. The summed E-state index contributed by atoms with van der Waals surface area (Å²) in [7, 11) is 0. The number of rotatable bonds is 3. The first-order valence-electron chi connectivity index (χ1n) is 7.44. The summed E-state index contributed by atoms with van der Waals surface area (Å²) >= 11 is 0. The van der Waals surface area contributed by atoms with Crippen LogP contribution < -0.4 is 10.6 Å². The maximum Gasteiger partial charge on any atom is 0.230 e. The minimum Gasteiger partial charge on any atom is -0.326 e. The smallest absolute Gasteiger partial charge is 0.230 e. The van der Waals surface area contributed by atoms with Crippen LogP contribution >= 0.6 is 0 Å². The largest absolute Gasteiger partial charge is 0.326 e. The fraction of sp³-hybridized carbons (Fsp3) is 0.562. The van der Waals surface area contributed by atoms with Crippen LogP contribution in [0.25, 0.3) is 0 Å². The van der Waals surface area contributed by atoms with Crippen molar-refractivity contribution in [3.05, 3.63) is 29.8 Å². The quantitative estimate of drug-likeness (QED) is 0.875. The van der Waals surface area contributed by atoms with E-state index in [1.165, 1.54) is 37.7 Å². The Hall–Kier alpha value is -1.35. The first-order chi connectivity index (χ1) is 9.33. The fourth-order valence-corrected chi connectivity index (χ4v) is 2.99. The van der Waals surface area contributed by atoms with Gasteiger partial charge in [-0.1, -0.05) is 31.4 Å². The lowest BCUT2D eigenvalue weighted by atomic mass is 9.84. The van der Waals surface area contributed by atoms with Crippen LogP contribution in [0.3, 0.4) is 0 Å². The molecule has 3 rings (SSSR count). The average molecular weight is 258 g/mol. The van der Waals surface area contributed by atoms with Crippen LogP contribution in [0.5, 0.6) is 0 Å². The van der Waals surface area contributed by atoms with Gasteiger partial charge in [0.1, 0.15) is 0 Å². The molecule has 1 saturated heterocycles. The zero-order chi connectivity index (χ0) is 13.1. The van der Waals surface area contributed by atoms with Crippen molar-refractivity contribution in [2.45, 2.75) is 38.0 Å². The Bertz CT molecular complexity index is 431. The highest BCUT2D eigenvalue weighted by molar-refractivity contribution is 5.93.